The zero-order valence-corrected chi connectivity index (χ0v) is 17.0. The highest BCUT2D eigenvalue weighted by molar-refractivity contribution is 5.81. The molecule has 1 aromatic carbocycles. The third kappa shape index (κ3) is 3.85. The van der Waals surface area contributed by atoms with Crippen LogP contribution in [0.5, 0.6) is 5.75 Å². The summed E-state index contributed by atoms with van der Waals surface area (Å²) >= 11 is 0. The van der Waals surface area contributed by atoms with E-state index in [-0.39, 0.29) is 5.75 Å². The number of rotatable bonds is 5. The van der Waals surface area contributed by atoms with Gasteiger partial charge in [0.05, 0.1) is 0 Å². The number of aromatic hydroxyl groups is 1. The topological polar surface area (TPSA) is 95.9 Å². The summed E-state index contributed by atoms with van der Waals surface area (Å²) in [5.74, 6) is 2.30. The predicted octanol–water partition coefficient (Wildman–Crippen LogP) is 3.56. The number of nitrogens with zero attached hydrogens (tertiary/aromatic N) is 4. The molecule has 2 bridgehead atoms. The van der Waals surface area contributed by atoms with Gasteiger partial charge in [0.1, 0.15) is 28.8 Å². The van der Waals surface area contributed by atoms with Gasteiger partial charge in [-0.25, -0.2) is 9.97 Å². The number of anilines is 1. The molecule has 5 rings (SSSR count). The molecular formula is C23H26N6O. The molecule has 0 aliphatic carbocycles. The number of para-hydroxylation sites is 1. The lowest BCUT2D eigenvalue weighted by atomic mass is 9.92. The second kappa shape index (κ2) is 7.99. The lowest BCUT2D eigenvalue weighted by molar-refractivity contribution is 0.311. The summed E-state index contributed by atoms with van der Waals surface area (Å²) in [6.07, 6.45) is 6.82. The first-order valence-corrected chi connectivity index (χ1v) is 10.6. The minimum Gasteiger partial charge on any atom is -0.507 e. The molecule has 30 heavy (non-hydrogen) atoms. The number of aryl methyl sites for hydroxylation is 1. The molecule has 2 atom stereocenters. The highest BCUT2D eigenvalue weighted by atomic mass is 16.3. The largest absolute Gasteiger partial charge is 0.507 e. The van der Waals surface area contributed by atoms with Gasteiger partial charge < -0.3 is 15.7 Å². The Bertz CT molecular complexity index is 1030. The zero-order chi connectivity index (χ0) is 20.5. The van der Waals surface area contributed by atoms with Crippen LogP contribution < -0.4 is 10.6 Å². The fourth-order valence-electron chi connectivity index (χ4n) is 4.71. The Kier molecular flexibility index (Phi) is 5.04. The second-order valence-electron chi connectivity index (χ2n) is 8.36. The van der Waals surface area contributed by atoms with Gasteiger partial charge in [0, 0.05) is 36.0 Å². The number of hydrogen-bond donors (Lipinski definition) is 3. The summed E-state index contributed by atoms with van der Waals surface area (Å²) < 4.78 is 0. The molecule has 0 radical (unpaired) electrons. The molecule has 2 saturated heterocycles. The predicted molar refractivity (Wildman–Crippen MR) is 116 cm³/mol. The van der Waals surface area contributed by atoms with Crippen LogP contribution in [0.4, 0.5) is 5.82 Å². The molecule has 2 aliphatic rings. The van der Waals surface area contributed by atoms with Gasteiger partial charge in [-0.1, -0.05) is 18.2 Å². The third-order valence-corrected chi connectivity index (χ3v) is 6.15. The van der Waals surface area contributed by atoms with E-state index in [1.807, 2.05) is 31.2 Å². The lowest BCUT2D eigenvalue weighted by Gasteiger charge is -2.29. The van der Waals surface area contributed by atoms with E-state index in [0.717, 1.165) is 17.9 Å². The molecule has 3 aromatic rings. The van der Waals surface area contributed by atoms with Crippen molar-refractivity contribution < 1.29 is 5.11 Å². The Labute approximate surface area is 176 Å². The average Bonchev–Trinajstić information content (AvgIpc) is 3.11. The van der Waals surface area contributed by atoms with Gasteiger partial charge in [-0.2, -0.15) is 0 Å². The Morgan fingerprint density at radius 2 is 1.83 bits per heavy atom. The summed E-state index contributed by atoms with van der Waals surface area (Å²) in [5, 5.41) is 26.2. The molecule has 2 fully saturated rings. The Morgan fingerprint density at radius 1 is 1.03 bits per heavy atom. The summed E-state index contributed by atoms with van der Waals surface area (Å²) in [5.41, 5.74) is 2.73. The molecule has 4 heterocycles. The van der Waals surface area contributed by atoms with Crippen molar-refractivity contribution in [3.63, 3.8) is 0 Å². The minimum absolute atomic E-state index is 0.188. The number of hydrogen-bond acceptors (Lipinski definition) is 7. The summed E-state index contributed by atoms with van der Waals surface area (Å²) in [6.45, 7) is 2.77. The molecule has 2 unspecified atom stereocenters. The fraction of sp³-hybridized carbons (Fsp3) is 0.391. The smallest absolute Gasteiger partial charge is 0.148 e. The van der Waals surface area contributed by atoms with Crippen molar-refractivity contribution in [3.8, 4) is 28.3 Å². The van der Waals surface area contributed by atoms with E-state index in [0.29, 0.717) is 40.8 Å². The van der Waals surface area contributed by atoms with Crippen LogP contribution in [-0.2, 0) is 0 Å². The summed E-state index contributed by atoms with van der Waals surface area (Å²) in [6, 6.07) is 12.4. The van der Waals surface area contributed by atoms with Crippen LogP contribution in [0.2, 0.25) is 0 Å². The molecular weight excluding hydrogens is 376 g/mol. The number of benzene rings is 1. The number of phenols is 1. The van der Waals surface area contributed by atoms with Gasteiger partial charge in [-0.3, -0.25) is 0 Å². The van der Waals surface area contributed by atoms with Crippen LogP contribution in [-0.4, -0.2) is 43.9 Å². The van der Waals surface area contributed by atoms with Crippen LogP contribution in [0, 0.1) is 12.8 Å². The van der Waals surface area contributed by atoms with Crippen LogP contribution in [0.15, 0.2) is 42.6 Å². The maximum atomic E-state index is 10.3. The molecule has 3 N–H and O–H groups in total. The van der Waals surface area contributed by atoms with Crippen molar-refractivity contribution in [1.29, 1.82) is 0 Å². The van der Waals surface area contributed by atoms with Crippen LogP contribution in [0.1, 0.15) is 31.5 Å². The maximum Gasteiger partial charge on any atom is 0.148 e. The van der Waals surface area contributed by atoms with Crippen molar-refractivity contribution in [2.24, 2.45) is 5.92 Å². The quantitative estimate of drug-likeness (QED) is 0.600. The first-order valence-electron chi connectivity index (χ1n) is 10.6. The molecule has 2 aliphatic heterocycles. The first kappa shape index (κ1) is 18.9. The van der Waals surface area contributed by atoms with E-state index < -0.39 is 0 Å². The van der Waals surface area contributed by atoms with E-state index in [2.05, 4.69) is 30.8 Å². The van der Waals surface area contributed by atoms with Gasteiger partial charge >= 0.3 is 0 Å². The standard InChI is InChI=1S/C23H26N6O/c1-14-24-13-19(18-4-2-3-5-21(18)30)23(26-14)20-8-9-22(29-28-20)25-12-15-10-16-6-7-17(11-15)27-16/h2-5,8-9,13,15-17,27,30H,6-7,10-12H2,1H3,(H,25,29). The average molecular weight is 403 g/mol. The number of aromatic nitrogens is 4. The fourth-order valence-corrected chi connectivity index (χ4v) is 4.71. The first-order chi connectivity index (χ1) is 14.7. The van der Waals surface area contributed by atoms with Crippen LogP contribution in [0.3, 0.4) is 0 Å². The Morgan fingerprint density at radius 3 is 2.57 bits per heavy atom. The molecule has 7 nitrogen and oxygen atoms in total. The van der Waals surface area contributed by atoms with E-state index in [9.17, 15) is 5.11 Å². The van der Waals surface area contributed by atoms with Crippen LogP contribution >= 0.6 is 0 Å². The van der Waals surface area contributed by atoms with Crippen molar-refractivity contribution in [1.82, 2.24) is 25.5 Å². The Balaban J connectivity index is 1.34. The monoisotopic (exact) mass is 402 g/mol. The van der Waals surface area contributed by atoms with Gasteiger partial charge in [-0.15, -0.1) is 10.2 Å². The number of nitrogens with one attached hydrogen (secondary N) is 2. The molecule has 0 amide bonds. The SMILES string of the molecule is Cc1ncc(-c2ccccc2O)c(-c2ccc(NCC3CC4CCC(C3)N4)nn2)n1. The highest BCUT2D eigenvalue weighted by Gasteiger charge is 2.33. The van der Waals surface area contributed by atoms with Crippen LogP contribution in [0.25, 0.3) is 22.5 Å². The van der Waals surface area contributed by atoms with E-state index in [4.69, 9.17) is 0 Å². The molecule has 0 spiro atoms. The summed E-state index contributed by atoms with van der Waals surface area (Å²) in [4.78, 5) is 8.89. The van der Waals surface area contributed by atoms with E-state index in [1.54, 1.807) is 18.3 Å². The van der Waals surface area contributed by atoms with Crippen molar-refractivity contribution in [3.05, 3.63) is 48.4 Å². The molecule has 154 valence electrons. The number of phenolic OH excluding ortho intramolecular Hbond substituents is 1. The van der Waals surface area contributed by atoms with Gasteiger partial charge in [0.2, 0.25) is 0 Å². The molecule has 7 heteroatoms. The number of fused-ring (bicyclic) bond motifs is 2. The lowest BCUT2D eigenvalue weighted by Crippen LogP contribution is -2.40. The van der Waals surface area contributed by atoms with E-state index in [1.165, 1.54) is 25.7 Å². The molecule has 0 saturated carbocycles. The second-order valence-corrected chi connectivity index (χ2v) is 8.36. The Hall–Kier alpha value is -3.06. The number of piperidine rings is 1. The normalized spacial score (nSPS) is 22.8. The molecule has 2 aromatic heterocycles. The van der Waals surface area contributed by atoms with E-state index >= 15 is 0 Å². The third-order valence-electron chi connectivity index (χ3n) is 6.15. The van der Waals surface area contributed by atoms with Crippen molar-refractivity contribution in [2.45, 2.75) is 44.7 Å². The minimum atomic E-state index is 0.188. The van der Waals surface area contributed by atoms with Crippen molar-refractivity contribution >= 4 is 5.82 Å². The van der Waals surface area contributed by atoms with Gasteiger partial charge in [0.15, 0.2) is 0 Å². The van der Waals surface area contributed by atoms with Gasteiger partial charge in [0.25, 0.3) is 0 Å². The van der Waals surface area contributed by atoms with Crippen molar-refractivity contribution in [2.75, 3.05) is 11.9 Å². The highest BCUT2D eigenvalue weighted by Crippen LogP contribution is 2.34. The van der Waals surface area contributed by atoms with Gasteiger partial charge in [-0.05, 0) is 56.7 Å². The zero-order valence-electron chi connectivity index (χ0n) is 17.0. The summed E-state index contributed by atoms with van der Waals surface area (Å²) in [7, 11) is 0. The maximum absolute atomic E-state index is 10.3.